The fraction of sp³-hybridized carbons (Fsp3) is 0.375. The fourth-order valence-electron chi connectivity index (χ4n) is 2.86. The van der Waals surface area contributed by atoms with E-state index in [-0.39, 0.29) is 23.0 Å². The Morgan fingerprint density at radius 3 is 2.52 bits per heavy atom. The van der Waals surface area contributed by atoms with Crippen LogP contribution in [-0.4, -0.2) is 28.0 Å². The molecule has 0 unspecified atom stereocenters. The maximum Gasteiger partial charge on any atom is 0.353 e. The second-order valence-electron chi connectivity index (χ2n) is 5.80. The van der Waals surface area contributed by atoms with Crippen LogP contribution in [0.2, 0.25) is 0 Å². The minimum Gasteiger partial charge on any atom is -0.351 e. The number of nitro groups is 1. The first-order valence-electron chi connectivity index (χ1n) is 8.02. The molecular weight excluding hydrogens is 332 g/mol. The quantitative estimate of drug-likeness (QED) is 0.668. The Labute approximate surface area is 142 Å². The van der Waals surface area contributed by atoms with Gasteiger partial charge < -0.3 is 10.2 Å². The summed E-state index contributed by atoms with van der Waals surface area (Å²) in [5, 5.41) is 14.1. The normalized spacial score (nSPS) is 14.9. The lowest BCUT2D eigenvalue weighted by Gasteiger charge is -2.21. The molecule has 0 radical (unpaired) electrons. The third kappa shape index (κ3) is 3.81. The largest absolute Gasteiger partial charge is 0.353 e. The van der Waals surface area contributed by atoms with Gasteiger partial charge in [0.15, 0.2) is 0 Å². The number of aromatic nitrogens is 2. The first-order valence-corrected chi connectivity index (χ1v) is 8.02. The number of anilines is 3. The summed E-state index contributed by atoms with van der Waals surface area (Å²) >= 11 is 0. The van der Waals surface area contributed by atoms with Crippen molar-refractivity contribution in [1.82, 2.24) is 9.97 Å². The summed E-state index contributed by atoms with van der Waals surface area (Å²) < 4.78 is 27.2. The van der Waals surface area contributed by atoms with E-state index in [1.54, 1.807) is 0 Å². The lowest BCUT2D eigenvalue weighted by Crippen LogP contribution is -2.26. The summed E-state index contributed by atoms with van der Waals surface area (Å²) in [6.07, 6.45) is 5.15. The molecule has 1 N–H and O–H groups in total. The number of hydrogen-bond acceptors (Lipinski definition) is 6. The van der Waals surface area contributed by atoms with Gasteiger partial charge in [-0.1, -0.05) is 12.8 Å². The summed E-state index contributed by atoms with van der Waals surface area (Å²) in [4.78, 5) is 20.8. The van der Waals surface area contributed by atoms with Gasteiger partial charge in [0, 0.05) is 19.2 Å². The highest BCUT2D eigenvalue weighted by Crippen LogP contribution is 2.35. The summed E-state index contributed by atoms with van der Waals surface area (Å²) in [6, 6.07) is 2.84. The number of nitrogens with zero attached hydrogens (tertiary/aromatic N) is 4. The molecule has 1 saturated heterocycles. The van der Waals surface area contributed by atoms with Crippen LogP contribution in [0.1, 0.15) is 25.7 Å². The van der Waals surface area contributed by atoms with Crippen molar-refractivity contribution >= 4 is 23.0 Å². The van der Waals surface area contributed by atoms with E-state index in [4.69, 9.17) is 0 Å². The summed E-state index contributed by atoms with van der Waals surface area (Å²) in [5.74, 6) is -1.36. The predicted octanol–water partition coefficient (Wildman–Crippen LogP) is 3.79. The van der Waals surface area contributed by atoms with Crippen molar-refractivity contribution in [3.05, 3.63) is 46.3 Å². The van der Waals surface area contributed by atoms with Gasteiger partial charge in [-0.3, -0.25) is 10.1 Å². The monoisotopic (exact) mass is 349 g/mol. The van der Waals surface area contributed by atoms with Crippen molar-refractivity contribution < 1.29 is 13.7 Å². The van der Waals surface area contributed by atoms with Gasteiger partial charge in [0.1, 0.15) is 18.0 Å². The topological polar surface area (TPSA) is 84.2 Å². The van der Waals surface area contributed by atoms with Gasteiger partial charge in [0.2, 0.25) is 11.6 Å². The molecule has 0 aliphatic carbocycles. The van der Waals surface area contributed by atoms with E-state index in [0.29, 0.717) is 13.1 Å². The molecule has 1 aromatic carbocycles. The van der Waals surface area contributed by atoms with E-state index < -0.39 is 16.6 Å². The highest BCUT2D eigenvalue weighted by atomic mass is 19.1. The van der Waals surface area contributed by atoms with E-state index in [2.05, 4.69) is 15.3 Å². The molecule has 1 aromatic heterocycles. The van der Waals surface area contributed by atoms with Gasteiger partial charge in [-0.05, 0) is 25.0 Å². The molecule has 3 rings (SSSR count). The van der Waals surface area contributed by atoms with Gasteiger partial charge in [-0.15, -0.1) is 0 Å². The maximum atomic E-state index is 13.8. The third-order valence-electron chi connectivity index (χ3n) is 4.07. The highest BCUT2D eigenvalue weighted by Gasteiger charge is 2.28. The standard InChI is InChI=1S/C16H17F2N5O2/c17-11-5-6-12(18)13(9-11)21-15-14(23(24)25)16(20-10-19-15)22-7-3-1-2-4-8-22/h5-6,9-10H,1-4,7-8H2,(H,19,20,21). The van der Waals surface area contributed by atoms with Crippen LogP contribution in [-0.2, 0) is 0 Å². The van der Waals surface area contributed by atoms with Crippen LogP contribution < -0.4 is 10.2 Å². The minimum absolute atomic E-state index is 0.163. The molecule has 2 heterocycles. The van der Waals surface area contributed by atoms with Crippen LogP contribution in [0.5, 0.6) is 0 Å². The number of hydrogen-bond donors (Lipinski definition) is 1. The summed E-state index contributed by atoms with van der Waals surface area (Å²) in [6.45, 7) is 1.32. The van der Waals surface area contributed by atoms with Gasteiger partial charge in [0.05, 0.1) is 10.6 Å². The first kappa shape index (κ1) is 17.0. The number of rotatable bonds is 4. The molecule has 0 amide bonds. The van der Waals surface area contributed by atoms with Crippen LogP contribution in [0.3, 0.4) is 0 Å². The number of halogens is 2. The van der Waals surface area contributed by atoms with Crippen LogP contribution in [0, 0.1) is 21.7 Å². The molecule has 0 atom stereocenters. The Morgan fingerprint density at radius 2 is 1.84 bits per heavy atom. The van der Waals surface area contributed by atoms with Gasteiger partial charge >= 0.3 is 5.69 Å². The summed E-state index contributed by atoms with van der Waals surface area (Å²) in [7, 11) is 0. The maximum absolute atomic E-state index is 13.8. The Bertz CT molecular complexity index is 779. The third-order valence-corrected chi connectivity index (χ3v) is 4.07. The van der Waals surface area contributed by atoms with E-state index in [1.165, 1.54) is 6.33 Å². The van der Waals surface area contributed by atoms with E-state index in [9.17, 15) is 18.9 Å². The molecule has 1 aliphatic heterocycles. The Balaban J connectivity index is 2.00. The Morgan fingerprint density at radius 1 is 1.12 bits per heavy atom. The Hall–Kier alpha value is -2.84. The number of nitrogens with one attached hydrogen (secondary N) is 1. The zero-order chi connectivity index (χ0) is 17.8. The second-order valence-corrected chi connectivity index (χ2v) is 5.80. The molecule has 0 saturated carbocycles. The van der Waals surface area contributed by atoms with Crippen molar-refractivity contribution in [3.63, 3.8) is 0 Å². The lowest BCUT2D eigenvalue weighted by molar-refractivity contribution is -0.383. The summed E-state index contributed by atoms with van der Waals surface area (Å²) in [5.41, 5.74) is -0.559. The minimum atomic E-state index is -0.731. The van der Waals surface area contributed by atoms with Crippen molar-refractivity contribution in [1.29, 1.82) is 0 Å². The molecule has 7 nitrogen and oxygen atoms in total. The Kier molecular flexibility index (Phi) is 5.01. The fourth-order valence-corrected chi connectivity index (χ4v) is 2.86. The van der Waals surface area contributed by atoms with Gasteiger partial charge in [-0.25, -0.2) is 18.7 Å². The van der Waals surface area contributed by atoms with E-state index in [1.807, 2.05) is 4.90 Å². The molecule has 2 aromatic rings. The molecule has 0 bridgehead atoms. The molecule has 1 fully saturated rings. The average molecular weight is 349 g/mol. The van der Waals surface area contributed by atoms with E-state index >= 15 is 0 Å². The van der Waals surface area contributed by atoms with Crippen molar-refractivity contribution in [3.8, 4) is 0 Å². The highest BCUT2D eigenvalue weighted by molar-refractivity contribution is 5.74. The van der Waals surface area contributed by atoms with Crippen LogP contribution in [0.25, 0.3) is 0 Å². The van der Waals surface area contributed by atoms with Crippen LogP contribution >= 0.6 is 0 Å². The molecule has 132 valence electrons. The van der Waals surface area contributed by atoms with Gasteiger partial charge in [-0.2, -0.15) is 0 Å². The van der Waals surface area contributed by atoms with Crippen LogP contribution in [0.4, 0.5) is 31.8 Å². The van der Waals surface area contributed by atoms with Gasteiger partial charge in [0.25, 0.3) is 0 Å². The zero-order valence-corrected chi connectivity index (χ0v) is 13.4. The zero-order valence-electron chi connectivity index (χ0n) is 13.4. The van der Waals surface area contributed by atoms with Crippen molar-refractivity contribution in [2.45, 2.75) is 25.7 Å². The lowest BCUT2D eigenvalue weighted by atomic mass is 10.2. The predicted molar refractivity (Wildman–Crippen MR) is 89.0 cm³/mol. The molecule has 1 aliphatic rings. The van der Waals surface area contributed by atoms with Crippen molar-refractivity contribution in [2.24, 2.45) is 0 Å². The molecular formula is C16H17F2N5O2. The smallest absolute Gasteiger partial charge is 0.351 e. The first-order chi connectivity index (χ1) is 12.1. The molecule has 25 heavy (non-hydrogen) atoms. The second kappa shape index (κ2) is 7.37. The molecule has 0 spiro atoms. The van der Waals surface area contributed by atoms with Crippen LogP contribution in [0.15, 0.2) is 24.5 Å². The average Bonchev–Trinajstić information content (AvgIpc) is 2.87. The molecule has 9 heteroatoms. The van der Waals surface area contributed by atoms with E-state index in [0.717, 1.165) is 43.9 Å². The SMILES string of the molecule is O=[N+]([O-])c1c(Nc2cc(F)ccc2F)ncnc1N1CCCCCC1. The van der Waals surface area contributed by atoms with Crippen molar-refractivity contribution in [2.75, 3.05) is 23.3 Å². The number of benzene rings is 1.